The third kappa shape index (κ3) is 6.45. The average molecular weight is 314 g/mol. The first-order valence-electron chi connectivity index (χ1n) is 7.90. The Labute approximate surface area is 131 Å². The molecule has 126 valence electrons. The molecular weight excluding hydrogens is 288 g/mol. The molecule has 0 radical (unpaired) electrons. The summed E-state index contributed by atoms with van der Waals surface area (Å²) in [6, 6.07) is 0. The minimum atomic E-state index is -1.38. The number of carbonyl (C=O) groups is 3. The molecule has 6 heteroatoms. The summed E-state index contributed by atoms with van der Waals surface area (Å²) in [5.74, 6) is -1.43. The van der Waals surface area contributed by atoms with E-state index in [-0.39, 0.29) is 6.42 Å². The summed E-state index contributed by atoms with van der Waals surface area (Å²) in [6.45, 7) is 4.43. The molecule has 0 heterocycles. The van der Waals surface area contributed by atoms with Crippen LogP contribution in [-0.2, 0) is 28.6 Å². The number of hydrogen-bond donors (Lipinski definition) is 0. The lowest BCUT2D eigenvalue weighted by Crippen LogP contribution is -2.40. The molecular formula is C16H26O6. The Morgan fingerprint density at radius 3 is 2.23 bits per heavy atom. The summed E-state index contributed by atoms with van der Waals surface area (Å²) in [4.78, 5) is 34.6. The highest BCUT2D eigenvalue weighted by atomic mass is 16.6. The molecule has 1 fully saturated rings. The van der Waals surface area contributed by atoms with Crippen LogP contribution >= 0.6 is 0 Å². The van der Waals surface area contributed by atoms with Crippen molar-refractivity contribution in [2.45, 2.75) is 64.9 Å². The van der Waals surface area contributed by atoms with E-state index in [0.29, 0.717) is 12.5 Å². The van der Waals surface area contributed by atoms with Crippen LogP contribution in [0.3, 0.4) is 0 Å². The van der Waals surface area contributed by atoms with E-state index in [2.05, 4.69) is 4.74 Å². The van der Waals surface area contributed by atoms with Gasteiger partial charge in [-0.05, 0) is 32.6 Å². The van der Waals surface area contributed by atoms with E-state index in [1.165, 1.54) is 33.1 Å². The SMILES string of the molecule is CCC(=O)OCC(=O)OC(C)(C)C(=O)OCC1CCCCC1. The standard InChI is InChI=1S/C16H26O6/c1-4-13(17)20-11-14(18)22-16(2,3)15(19)21-10-12-8-6-5-7-9-12/h12H,4-11H2,1-3H3. The van der Waals surface area contributed by atoms with Gasteiger partial charge in [0.2, 0.25) is 5.60 Å². The lowest BCUT2D eigenvalue weighted by Gasteiger charge is -2.26. The van der Waals surface area contributed by atoms with Crippen LogP contribution in [0.15, 0.2) is 0 Å². The van der Waals surface area contributed by atoms with Crippen LogP contribution in [0.5, 0.6) is 0 Å². The number of esters is 3. The van der Waals surface area contributed by atoms with Gasteiger partial charge < -0.3 is 14.2 Å². The topological polar surface area (TPSA) is 78.9 Å². The van der Waals surface area contributed by atoms with E-state index in [1.807, 2.05) is 0 Å². The maximum Gasteiger partial charge on any atom is 0.350 e. The van der Waals surface area contributed by atoms with Gasteiger partial charge in [0.05, 0.1) is 6.61 Å². The van der Waals surface area contributed by atoms with Crippen molar-refractivity contribution >= 4 is 17.9 Å². The molecule has 1 rings (SSSR count). The van der Waals surface area contributed by atoms with Crippen LogP contribution in [0.4, 0.5) is 0 Å². The van der Waals surface area contributed by atoms with Crippen LogP contribution in [0.25, 0.3) is 0 Å². The molecule has 0 spiro atoms. The van der Waals surface area contributed by atoms with Crippen LogP contribution < -0.4 is 0 Å². The Balaban J connectivity index is 2.34. The molecule has 0 N–H and O–H groups in total. The summed E-state index contributed by atoms with van der Waals surface area (Å²) in [5.41, 5.74) is -1.38. The molecule has 0 amide bonds. The Kier molecular flexibility index (Phi) is 7.35. The quantitative estimate of drug-likeness (QED) is 0.530. The molecule has 0 aliphatic heterocycles. The molecule has 1 aliphatic carbocycles. The Morgan fingerprint density at radius 2 is 1.64 bits per heavy atom. The maximum absolute atomic E-state index is 12.0. The van der Waals surface area contributed by atoms with E-state index >= 15 is 0 Å². The normalized spacial score (nSPS) is 16.0. The smallest absolute Gasteiger partial charge is 0.350 e. The molecule has 0 aromatic rings. The molecule has 0 aromatic heterocycles. The minimum Gasteiger partial charge on any atom is -0.462 e. The fourth-order valence-corrected chi connectivity index (χ4v) is 2.32. The van der Waals surface area contributed by atoms with Gasteiger partial charge in [0.15, 0.2) is 6.61 Å². The lowest BCUT2D eigenvalue weighted by atomic mass is 9.90. The largest absolute Gasteiger partial charge is 0.462 e. The van der Waals surface area contributed by atoms with E-state index in [1.54, 1.807) is 6.92 Å². The number of rotatable bonds is 7. The molecule has 6 nitrogen and oxygen atoms in total. The van der Waals surface area contributed by atoms with Gasteiger partial charge in [-0.25, -0.2) is 9.59 Å². The van der Waals surface area contributed by atoms with E-state index in [9.17, 15) is 14.4 Å². The zero-order chi connectivity index (χ0) is 16.6. The Morgan fingerprint density at radius 1 is 1.00 bits per heavy atom. The highest BCUT2D eigenvalue weighted by Crippen LogP contribution is 2.24. The summed E-state index contributed by atoms with van der Waals surface area (Å²) in [5, 5.41) is 0. The first-order valence-corrected chi connectivity index (χ1v) is 7.90. The van der Waals surface area contributed by atoms with Crippen molar-refractivity contribution in [2.75, 3.05) is 13.2 Å². The van der Waals surface area contributed by atoms with E-state index in [0.717, 1.165) is 12.8 Å². The molecule has 0 unspecified atom stereocenters. The zero-order valence-electron chi connectivity index (χ0n) is 13.7. The van der Waals surface area contributed by atoms with Crippen LogP contribution in [0, 0.1) is 5.92 Å². The van der Waals surface area contributed by atoms with Gasteiger partial charge in [0, 0.05) is 6.42 Å². The molecule has 0 atom stereocenters. The van der Waals surface area contributed by atoms with Crippen LogP contribution in [0.2, 0.25) is 0 Å². The molecule has 0 saturated heterocycles. The van der Waals surface area contributed by atoms with Gasteiger partial charge in [0.1, 0.15) is 0 Å². The Hall–Kier alpha value is -1.59. The monoisotopic (exact) mass is 314 g/mol. The lowest BCUT2D eigenvalue weighted by molar-refractivity contribution is -0.183. The van der Waals surface area contributed by atoms with Crippen molar-refractivity contribution in [3.63, 3.8) is 0 Å². The second-order valence-corrected chi connectivity index (χ2v) is 6.10. The number of ether oxygens (including phenoxy) is 3. The van der Waals surface area contributed by atoms with Crippen LogP contribution in [-0.4, -0.2) is 36.7 Å². The van der Waals surface area contributed by atoms with Crippen molar-refractivity contribution in [1.29, 1.82) is 0 Å². The summed E-state index contributed by atoms with van der Waals surface area (Å²) in [7, 11) is 0. The first kappa shape index (κ1) is 18.5. The number of carbonyl (C=O) groups excluding carboxylic acids is 3. The van der Waals surface area contributed by atoms with Gasteiger partial charge in [-0.15, -0.1) is 0 Å². The van der Waals surface area contributed by atoms with Gasteiger partial charge in [0.25, 0.3) is 0 Å². The van der Waals surface area contributed by atoms with Crippen molar-refractivity contribution in [2.24, 2.45) is 5.92 Å². The molecule has 1 aliphatic rings. The van der Waals surface area contributed by atoms with Crippen molar-refractivity contribution in [1.82, 2.24) is 0 Å². The highest BCUT2D eigenvalue weighted by Gasteiger charge is 2.34. The third-order valence-corrected chi connectivity index (χ3v) is 3.68. The molecule has 1 saturated carbocycles. The minimum absolute atomic E-state index is 0.181. The summed E-state index contributed by atoms with van der Waals surface area (Å²) >= 11 is 0. The second kappa shape index (κ2) is 8.76. The van der Waals surface area contributed by atoms with Crippen molar-refractivity contribution in [3.8, 4) is 0 Å². The van der Waals surface area contributed by atoms with Gasteiger partial charge in [-0.3, -0.25) is 4.79 Å². The molecule has 0 aromatic carbocycles. The molecule has 22 heavy (non-hydrogen) atoms. The highest BCUT2D eigenvalue weighted by molar-refractivity contribution is 5.83. The van der Waals surface area contributed by atoms with Gasteiger partial charge in [-0.2, -0.15) is 0 Å². The van der Waals surface area contributed by atoms with Gasteiger partial charge >= 0.3 is 17.9 Å². The van der Waals surface area contributed by atoms with Crippen LogP contribution in [0.1, 0.15) is 59.3 Å². The van der Waals surface area contributed by atoms with E-state index in [4.69, 9.17) is 9.47 Å². The summed E-state index contributed by atoms with van der Waals surface area (Å²) in [6.07, 6.45) is 5.90. The van der Waals surface area contributed by atoms with Gasteiger partial charge in [-0.1, -0.05) is 26.2 Å². The van der Waals surface area contributed by atoms with Crippen molar-refractivity contribution in [3.05, 3.63) is 0 Å². The molecule has 0 bridgehead atoms. The first-order chi connectivity index (χ1) is 10.3. The Bertz CT molecular complexity index is 395. The average Bonchev–Trinajstić information content (AvgIpc) is 2.50. The fourth-order valence-electron chi connectivity index (χ4n) is 2.32. The predicted molar refractivity (Wildman–Crippen MR) is 79.0 cm³/mol. The maximum atomic E-state index is 12.0. The summed E-state index contributed by atoms with van der Waals surface area (Å²) < 4.78 is 15.0. The zero-order valence-corrected chi connectivity index (χ0v) is 13.7. The predicted octanol–water partition coefficient (Wildman–Crippen LogP) is 2.38. The van der Waals surface area contributed by atoms with Crippen molar-refractivity contribution < 1.29 is 28.6 Å². The second-order valence-electron chi connectivity index (χ2n) is 6.10. The fraction of sp³-hybridized carbons (Fsp3) is 0.812. The third-order valence-electron chi connectivity index (χ3n) is 3.68. The number of hydrogen-bond acceptors (Lipinski definition) is 6. The van der Waals surface area contributed by atoms with E-state index < -0.39 is 30.1 Å².